The summed E-state index contributed by atoms with van der Waals surface area (Å²) in [5.41, 5.74) is 1.40. The van der Waals surface area contributed by atoms with Crippen molar-refractivity contribution in [1.29, 1.82) is 0 Å². The fourth-order valence-electron chi connectivity index (χ4n) is 1.35. The molecule has 14 heavy (non-hydrogen) atoms. The van der Waals surface area contributed by atoms with Crippen molar-refractivity contribution in [2.45, 2.75) is 20.4 Å². The Bertz CT molecular complexity index is 317. The Balaban J connectivity index is 2.92. The SMILES string of the molecule is CCOC(=O)c1c(C)ccn1CCO. The largest absolute Gasteiger partial charge is 0.461 e. The van der Waals surface area contributed by atoms with Crippen molar-refractivity contribution in [3.8, 4) is 0 Å². The molecule has 0 amide bonds. The first-order chi connectivity index (χ1) is 6.70. The number of rotatable bonds is 4. The lowest BCUT2D eigenvalue weighted by Crippen LogP contribution is -2.14. The van der Waals surface area contributed by atoms with E-state index in [4.69, 9.17) is 9.84 Å². The lowest BCUT2D eigenvalue weighted by Gasteiger charge is -2.07. The molecule has 0 bridgehead atoms. The molecular formula is C10H15NO3. The fraction of sp³-hybridized carbons (Fsp3) is 0.500. The van der Waals surface area contributed by atoms with Gasteiger partial charge in [-0.1, -0.05) is 0 Å². The summed E-state index contributed by atoms with van der Waals surface area (Å²) in [6.45, 7) is 4.41. The van der Waals surface area contributed by atoms with E-state index in [2.05, 4.69) is 0 Å². The van der Waals surface area contributed by atoms with E-state index >= 15 is 0 Å². The molecule has 1 heterocycles. The van der Waals surface area contributed by atoms with Crippen molar-refractivity contribution in [3.63, 3.8) is 0 Å². The van der Waals surface area contributed by atoms with Crippen LogP contribution in [-0.2, 0) is 11.3 Å². The highest BCUT2D eigenvalue weighted by atomic mass is 16.5. The van der Waals surface area contributed by atoms with Crippen molar-refractivity contribution in [2.24, 2.45) is 0 Å². The summed E-state index contributed by atoms with van der Waals surface area (Å²) in [6.07, 6.45) is 1.78. The number of aryl methyl sites for hydroxylation is 1. The number of carbonyl (C=O) groups is 1. The second kappa shape index (κ2) is 4.81. The van der Waals surface area contributed by atoms with Crippen LogP contribution in [0.3, 0.4) is 0 Å². The minimum absolute atomic E-state index is 0.0144. The van der Waals surface area contributed by atoms with Crippen LogP contribution in [0.4, 0.5) is 0 Å². The number of aliphatic hydroxyl groups is 1. The van der Waals surface area contributed by atoms with Gasteiger partial charge in [-0.2, -0.15) is 0 Å². The van der Waals surface area contributed by atoms with Gasteiger partial charge in [-0.3, -0.25) is 0 Å². The van der Waals surface area contributed by atoms with Crippen LogP contribution in [0.5, 0.6) is 0 Å². The molecule has 0 fully saturated rings. The molecule has 78 valence electrons. The number of esters is 1. The number of aliphatic hydroxyl groups excluding tert-OH is 1. The summed E-state index contributed by atoms with van der Waals surface area (Å²) in [7, 11) is 0. The third-order valence-corrected chi connectivity index (χ3v) is 1.97. The minimum atomic E-state index is -0.330. The number of hydrogen-bond donors (Lipinski definition) is 1. The Hall–Kier alpha value is -1.29. The molecule has 0 aromatic carbocycles. The number of hydrogen-bond acceptors (Lipinski definition) is 3. The first-order valence-corrected chi connectivity index (χ1v) is 4.64. The van der Waals surface area contributed by atoms with Crippen LogP contribution in [0.15, 0.2) is 12.3 Å². The molecule has 1 N–H and O–H groups in total. The summed E-state index contributed by atoms with van der Waals surface area (Å²) in [5.74, 6) is -0.330. The van der Waals surface area contributed by atoms with E-state index in [0.29, 0.717) is 18.8 Å². The minimum Gasteiger partial charge on any atom is -0.461 e. The van der Waals surface area contributed by atoms with Gasteiger partial charge in [0.15, 0.2) is 0 Å². The van der Waals surface area contributed by atoms with E-state index in [1.807, 2.05) is 13.0 Å². The van der Waals surface area contributed by atoms with Gasteiger partial charge in [0.1, 0.15) is 5.69 Å². The van der Waals surface area contributed by atoms with Gasteiger partial charge in [0.2, 0.25) is 0 Å². The summed E-state index contributed by atoms with van der Waals surface area (Å²) >= 11 is 0. The number of nitrogens with zero attached hydrogens (tertiary/aromatic N) is 1. The molecule has 1 aromatic rings. The maximum absolute atomic E-state index is 11.5. The van der Waals surface area contributed by atoms with E-state index in [1.54, 1.807) is 17.7 Å². The van der Waals surface area contributed by atoms with Crippen LogP contribution < -0.4 is 0 Å². The molecule has 0 saturated carbocycles. The predicted octanol–water partition coefficient (Wildman–Crippen LogP) is 0.966. The standard InChI is InChI=1S/C10H15NO3/c1-3-14-10(13)9-8(2)4-5-11(9)6-7-12/h4-5,12H,3,6-7H2,1-2H3. The van der Waals surface area contributed by atoms with Crippen molar-refractivity contribution >= 4 is 5.97 Å². The molecule has 0 atom stereocenters. The third-order valence-electron chi connectivity index (χ3n) is 1.97. The number of ether oxygens (including phenoxy) is 1. The van der Waals surface area contributed by atoms with Gasteiger partial charge >= 0.3 is 5.97 Å². The molecular weight excluding hydrogens is 182 g/mol. The molecule has 0 saturated heterocycles. The Morgan fingerprint density at radius 1 is 1.64 bits per heavy atom. The Morgan fingerprint density at radius 3 is 2.93 bits per heavy atom. The summed E-state index contributed by atoms with van der Waals surface area (Å²) in [4.78, 5) is 11.5. The lowest BCUT2D eigenvalue weighted by molar-refractivity contribution is 0.0512. The first-order valence-electron chi connectivity index (χ1n) is 4.64. The van der Waals surface area contributed by atoms with E-state index < -0.39 is 0 Å². The molecule has 0 unspecified atom stereocenters. The van der Waals surface area contributed by atoms with Gasteiger partial charge in [0.05, 0.1) is 13.2 Å². The normalized spacial score (nSPS) is 10.2. The molecule has 1 aromatic heterocycles. The van der Waals surface area contributed by atoms with Gasteiger partial charge in [0, 0.05) is 12.7 Å². The zero-order valence-electron chi connectivity index (χ0n) is 8.49. The molecule has 0 radical (unpaired) electrons. The van der Waals surface area contributed by atoms with Crippen LogP contribution in [-0.4, -0.2) is 28.9 Å². The van der Waals surface area contributed by atoms with Gasteiger partial charge in [-0.05, 0) is 25.5 Å². The van der Waals surface area contributed by atoms with Crippen molar-refractivity contribution < 1.29 is 14.6 Å². The second-order valence-corrected chi connectivity index (χ2v) is 2.98. The third kappa shape index (κ3) is 2.14. The average molecular weight is 197 g/mol. The van der Waals surface area contributed by atoms with Crippen molar-refractivity contribution in [3.05, 3.63) is 23.5 Å². The Labute approximate surface area is 83.1 Å². The maximum atomic E-state index is 11.5. The van der Waals surface area contributed by atoms with Gasteiger partial charge in [-0.15, -0.1) is 0 Å². The van der Waals surface area contributed by atoms with Crippen LogP contribution >= 0.6 is 0 Å². The molecule has 1 rings (SSSR count). The average Bonchev–Trinajstić information content (AvgIpc) is 2.48. The van der Waals surface area contributed by atoms with Crippen LogP contribution in [0.2, 0.25) is 0 Å². The Kier molecular flexibility index (Phi) is 3.71. The van der Waals surface area contributed by atoms with Crippen molar-refractivity contribution in [1.82, 2.24) is 4.57 Å². The van der Waals surface area contributed by atoms with Gasteiger partial charge in [0.25, 0.3) is 0 Å². The molecule has 4 heteroatoms. The van der Waals surface area contributed by atoms with Gasteiger partial charge in [-0.25, -0.2) is 4.79 Å². The summed E-state index contributed by atoms with van der Waals surface area (Å²) < 4.78 is 6.61. The highest BCUT2D eigenvalue weighted by molar-refractivity contribution is 5.89. The van der Waals surface area contributed by atoms with Crippen molar-refractivity contribution in [2.75, 3.05) is 13.2 Å². The van der Waals surface area contributed by atoms with E-state index in [-0.39, 0.29) is 12.6 Å². The monoisotopic (exact) mass is 197 g/mol. The quantitative estimate of drug-likeness (QED) is 0.731. The molecule has 0 spiro atoms. The number of carbonyl (C=O) groups excluding carboxylic acids is 1. The van der Waals surface area contributed by atoms with E-state index in [9.17, 15) is 4.79 Å². The maximum Gasteiger partial charge on any atom is 0.355 e. The topological polar surface area (TPSA) is 51.5 Å². The zero-order valence-corrected chi connectivity index (χ0v) is 8.49. The zero-order chi connectivity index (χ0) is 10.6. The number of aromatic nitrogens is 1. The molecule has 0 aliphatic carbocycles. The first kappa shape index (κ1) is 10.8. The Morgan fingerprint density at radius 2 is 2.36 bits per heavy atom. The van der Waals surface area contributed by atoms with E-state index in [0.717, 1.165) is 5.56 Å². The second-order valence-electron chi connectivity index (χ2n) is 2.98. The molecule has 4 nitrogen and oxygen atoms in total. The highest BCUT2D eigenvalue weighted by Gasteiger charge is 2.14. The van der Waals surface area contributed by atoms with Crippen LogP contribution in [0, 0.1) is 6.92 Å². The van der Waals surface area contributed by atoms with E-state index in [1.165, 1.54) is 0 Å². The highest BCUT2D eigenvalue weighted by Crippen LogP contribution is 2.11. The van der Waals surface area contributed by atoms with Gasteiger partial charge < -0.3 is 14.4 Å². The summed E-state index contributed by atoms with van der Waals surface area (Å²) in [6, 6.07) is 1.84. The predicted molar refractivity (Wildman–Crippen MR) is 52.2 cm³/mol. The van der Waals surface area contributed by atoms with Crippen LogP contribution in [0.25, 0.3) is 0 Å². The van der Waals surface area contributed by atoms with Crippen LogP contribution in [0.1, 0.15) is 23.0 Å². The lowest BCUT2D eigenvalue weighted by atomic mass is 10.3. The molecule has 0 aliphatic rings. The fourth-order valence-corrected chi connectivity index (χ4v) is 1.35. The molecule has 0 aliphatic heterocycles. The summed E-state index contributed by atoms with van der Waals surface area (Å²) in [5, 5.41) is 8.79. The smallest absolute Gasteiger partial charge is 0.355 e.